The summed E-state index contributed by atoms with van der Waals surface area (Å²) in [6.45, 7) is 16.7. The minimum atomic E-state index is -0.870. The van der Waals surface area contributed by atoms with E-state index in [0.29, 0.717) is 19.3 Å². The number of hydrogen-bond acceptors (Lipinski definition) is 12. The molecule has 3 unspecified atom stereocenters. The van der Waals surface area contributed by atoms with Crippen molar-refractivity contribution in [1.29, 1.82) is 0 Å². The fourth-order valence-corrected chi connectivity index (χ4v) is 8.87. The Bertz CT molecular complexity index is 1570. The smallest absolute Gasteiger partial charge is 0.330 e. The van der Waals surface area contributed by atoms with Crippen molar-refractivity contribution in [3.05, 3.63) is 74.4 Å². The van der Waals surface area contributed by atoms with Crippen molar-refractivity contribution in [3.8, 4) is 0 Å². The molecular weight excluding hydrogens is 985 g/mol. The van der Waals surface area contributed by atoms with Crippen LogP contribution in [0.1, 0.15) is 271 Å². The molecule has 0 radical (unpaired) electrons. The molecule has 0 saturated heterocycles. The van der Waals surface area contributed by atoms with E-state index < -0.39 is 12.1 Å². The summed E-state index contributed by atoms with van der Waals surface area (Å²) in [5.41, 5.74) is 0. The summed E-state index contributed by atoms with van der Waals surface area (Å²) < 4.78 is 33.4. The molecule has 0 amide bonds. The molecule has 0 aliphatic rings. The average molecular weight is 1100 g/mol. The maximum absolute atomic E-state index is 13.0. The van der Waals surface area contributed by atoms with E-state index in [2.05, 4.69) is 77.0 Å². The molecule has 0 bridgehead atoms. The lowest BCUT2D eigenvalue weighted by molar-refractivity contribution is -0.167. The van der Waals surface area contributed by atoms with E-state index in [1.807, 2.05) is 0 Å². The van der Waals surface area contributed by atoms with Crippen LogP contribution >= 0.6 is 0 Å². The quantitative estimate of drug-likeness (QED) is 0.0187. The third-order valence-corrected chi connectivity index (χ3v) is 13.6. The molecule has 0 N–H and O–H groups in total. The average Bonchev–Trinajstić information content (AvgIpc) is 3.43. The van der Waals surface area contributed by atoms with Gasteiger partial charge >= 0.3 is 35.8 Å². The van der Waals surface area contributed by atoms with Crippen LogP contribution in [0, 0.1) is 0 Å². The molecule has 0 aromatic heterocycles. The van der Waals surface area contributed by atoms with Gasteiger partial charge in [0.15, 0.2) is 6.10 Å². The van der Waals surface area contributed by atoms with Gasteiger partial charge in [0.05, 0.1) is 0 Å². The molecule has 0 fully saturated rings. The number of carbonyl (C=O) groups excluding carboxylic acids is 6. The predicted octanol–water partition coefficient (Wildman–Crippen LogP) is 17.2. The first-order valence-electron chi connectivity index (χ1n) is 31.0. The predicted molar refractivity (Wildman–Crippen MR) is 317 cm³/mol. The Kier molecular flexibility index (Phi) is 52.2. The Morgan fingerprint density at radius 1 is 0.321 bits per heavy atom. The van der Waals surface area contributed by atoms with E-state index >= 15 is 0 Å². The Balaban J connectivity index is 4.78. The summed E-state index contributed by atoms with van der Waals surface area (Å²) in [7, 11) is 0. The summed E-state index contributed by atoms with van der Waals surface area (Å²) in [6.07, 6.45) is 51.3. The molecule has 0 heterocycles. The minimum Gasteiger partial charge on any atom is -0.462 e. The highest BCUT2D eigenvalue weighted by atomic mass is 16.6. The molecule has 0 aromatic carbocycles. The number of allylic oxidation sites excluding steroid dienone is 3. The molecule has 0 aromatic rings. The summed E-state index contributed by atoms with van der Waals surface area (Å²) >= 11 is 0. The number of unbranched alkanes of at least 4 members (excludes halogenated alkanes) is 24. The SMILES string of the molecule is C=CC(=O)OC(C/C=C/CCCCCCCCC(=O)OCC(COC(=O)CCCCCCCC/C=C/CC(CCCCC)OC(=O)C=C)OC(=O)CCCCCCCC/C=C/CC(CCCCC)OC(=O)C=C)CCCCC. The fraction of sp³-hybridized carbons (Fsp3) is 0.727. The van der Waals surface area contributed by atoms with Gasteiger partial charge in [0.2, 0.25) is 0 Å². The lowest BCUT2D eigenvalue weighted by atomic mass is 10.1. The zero-order valence-electron chi connectivity index (χ0n) is 49.5. The van der Waals surface area contributed by atoms with Crippen LogP contribution in [0.5, 0.6) is 0 Å². The highest BCUT2D eigenvalue weighted by Gasteiger charge is 2.20. The third-order valence-electron chi connectivity index (χ3n) is 13.6. The number of carbonyl (C=O) groups is 6. The van der Waals surface area contributed by atoms with Crippen LogP contribution < -0.4 is 0 Å². The van der Waals surface area contributed by atoms with Crippen molar-refractivity contribution in [2.24, 2.45) is 0 Å². The van der Waals surface area contributed by atoms with Gasteiger partial charge < -0.3 is 28.4 Å². The monoisotopic (exact) mass is 1090 g/mol. The highest BCUT2D eigenvalue weighted by Crippen LogP contribution is 2.18. The molecule has 0 rings (SSSR count). The van der Waals surface area contributed by atoms with Crippen molar-refractivity contribution in [1.82, 2.24) is 0 Å². The largest absolute Gasteiger partial charge is 0.462 e. The van der Waals surface area contributed by atoms with Crippen molar-refractivity contribution in [2.75, 3.05) is 13.2 Å². The molecule has 12 nitrogen and oxygen atoms in total. The molecule has 0 aliphatic heterocycles. The first-order valence-corrected chi connectivity index (χ1v) is 31.0. The lowest BCUT2D eigenvalue weighted by Crippen LogP contribution is -2.30. The van der Waals surface area contributed by atoms with E-state index in [9.17, 15) is 28.8 Å². The Morgan fingerprint density at radius 2 is 0.603 bits per heavy atom. The van der Waals surface area contributed by atoms with Crippen LogP contribution in [0.15, 0.2) is 74.4 Å². The molecule has 12 heteroatoms. The number of esters is 6. The third kappa shape index (κ3) is 49.5. The van der Waals surface area contributed by atoms with Gasteiger partial charge in [-0.15, -0.1) is 0 Å². The molecular formula is C66H110O12. The molecule has 0 saturated carbocycles. The Morgan fingerprint density at radius 3 is 0.897 bits per heavy atom. The first-order chi connectivity index (χ1) is 38.0. The molecule has 3 atom stereocenters. The maximum atomic E-state index is 13.0. The van der Waals surface area contributed by atoms with Gasteiger partial charge in [-0.3, -0.25) is 14.4 Å². The summed E-state index contributed by atoms with van der Waals surface area (Å²) in [5, 5.41) is 0. The van der Waals surface area contributed by atoms with Gasteiger partial charge in [-0.1, -0.05) is 193 Å². The van der Waals surface area contributed by atoms with Crippen molar-refractivity contribution in [3.63, 3.8) is 0 Å². The molecule has 0 aliphatic carbocycles. The number of rotatable bonds is 56. The standard InChI is InChI=1S/C66H110O12/c1-7-13-37-46-57(75-61(67)10-4)49-40-31-25-19-16-22-28-34-43-52-64(70)73-55-60(78-66(72)54-45-36-30-24-18-21-27-33-42-51-59(48-39-15-9-3)77-63(69)12-6)56-74-65(71)53-44-35-29-23-17-20-26-32-41-50-58(47-38-14-8-2)76-62(68)11-5/h10-12,31-33,40-42,57-60H,4-9,13-30,34-39,43-56H2,1-3H3/b40-31+,41-32+,42-33+. The fourth-order valence-electron chi connectivity index (χ4n) is 8.87. The maximum Gasteiger partial charge on any atom is 0.330 e. The van der Waals surface area contributed by atoms with Gasteiger partial charge in [0.1, 0.15) is 31.5 Å². The summed E-state index contributed by atoms with van der Waals surface area (Å²) in [6, 6.07) is 0. The second-order valence-corrected chi connectivity index (χ2v) is 20.9. The van der Waals surface area contributed by atoms with Gasteiger partial charge in [-0.2, -0.15) is 0 Å². The normalized spacial score (nSPS) is 13.0. The zero-order valence-corrected chi connectivity index (χ0v) is 49.5. The van der Waals surface area contributed by atoms with Crippen LogP contribution in [0.2, 0.25) is 0 Å². The molecule has 78 heavy (non-hydrogen) atoms. The van der Waals surface area contributed by atoms with Gasteiger partial charge in [0, 0.05) is 56.8 Å². The summed E-state index contributed by atoms with van der Waals surface area (Å²) in [5.74, 6) is -2.21. The van der Waals surface area contributed by atoms with Gasteiger partial charge in [-0.25, -0.2) is 14.4 Å². The van der Waals surface area contributed by atoms with E-state index in [1.54, 1.807) is 0 Å². The van der Waals surface area contributed by atoms with Gasteiger partial charge in [-0.05, 0) is 96.3 Å². The highest BCUT2D eigenvalue weighted by molar-refractivity contribution is 5.82. The minimum absolute atomic E-state index is 0.104. The van der Waals surface area contributed by atoms with Crippen LogP contribution in [-0.2, 0) is 57.2 Å². The number of hydrogen-bond donors (Lipinski definition) is 0. The van der Waals surface area contributed by atoms with Crippen LogP contribution in [0.3, 0.4) is 0 Å². The van der Waals surface area contributed by atoms with Crippen molar-refractivity contribution < 1.29 is 57.2 Å². The molecule has 0 spiro atoms. The second-order valence-electron chi connectivity index (χ2n) is 20.9. The number of ether oxygens (including phenoxy) is 6. The molecule has 446 valence electrons. The van der Waals surface area contributed by atoms with E-state index in [4.69, 9.17) is 28.4 Å². The van der Waals surface area contributed by atoms with Gasteiger partial charge in [0.25, 0.3) is 0 Å². The Labute approximate surface area is 474 Å². The van der Waals surface area contributed by atoms with Crippen molar-refractivity contribution >= 4 is 35.8 Å². The first kappa shape index (κ1) is 73.3. The topological polar surface area (TPSA) is 158 Å². The van der Waals surface area contributed by atoms with Crippen LogP contribution in [-0.4, -0.2) is 73.4 Å². The zero-order chi connectivity index (χ0) is 57.4. The summed E-state index contributed by atoms with van der Waals surface area (Å²) in [4.78, 5) is 73.6. The van der Waals surface area contributed by atoms with E-state index in [1.165, 1.54) is 18.2 Å². The van der Waals surface area contributed by atoms with E-state index in [0.717, 1.165) is 212 Å². The van der Waals surface area contributed by atoms with E-state index in [-0.39, 0.29) is 80.6 Å². The Hall–Kier alpha value is -4.74. The van der Waals surface area contributed by atoms with Crippen LogP contribution in [0.4, 0.5) is 0 Å². The lowest BCUT2D eigenvalue weighted by Gasteiger charge is -2.18. The van der Waals surface area contributed by atoms with Crippen LogP contribution in [0.25, 0.3) is 0 Å². The second kappa shape index (κ2) is 55.6. The van der Waals surface area contributed by atoms with Crippen molar-refractivity contribution in [2.45, 2.75) is 296 Å².